The van der Waals surface area contributed by atoms with Crippen molar-refractivity contribution in [2.75, 3.05) is 6.61 Å². The van der Waals surface area contributed by atoms with Gasteiger partial charge in [-0.25, -0.2) is 0 Å². The maximum atomic E-state index is 13.1. The van der Waals surface area contributed by atoms with Crippen LogP contribution in [0.3, 0.4) is 0 Å². The van der Waals surface area contributed by atoms with Crippen molar-refractivity contribution in [1.29, 1.82) is 0 Å². The van der Waals surface area contributed by atoms with Gasteiger partial charge in [0.1, 0.15) is 6.10 Å². The third-order valence-electron chi connectivity index (χ3n) is 9.87. The second-order valence-corrected chi connectivity index (χ2v) is 15.2. The van der Waals surface area contributed by atoms with E-state index in [1.807, 2.05) is 54.7 Å². The van der Waals surface area contributed by atoms with Crippen LogP contribution in [0.25, 0.3) is 0 Å². The normalized spacial score (nSPS) is 14.2. The maximum Gasteiger partial charge on any atom is 0.306 e. The number of ether oxygens (including phenoxy) is 1. The Labute approximate surface area is 344 Å². The lowest BCUT2D eigenvalue weighted by Crippen LogP contribution is -2.46. The monoisotopic (exact) mass is 780 g/mol. The number of amides is 1. The zero-order chi connectivity index (χ0) is 41.0. The summed E-state index contributed by atoms with van der Waals surface area (Å²) < 4.78 is 5.86. The maximum absolute atomic E-state index is 13.1. The summed E-state index contributed by atoms with van der Waals surface area (Å²) in [4.78, 5) is 25.9. The van der Waals surface area contributed by atoms with E-state index >= 15 is 0 Å². The largest absolute Gasteiger partial charge is 0.462 e. The molecule has 0 aliphatic rings. The summed E-state index contributed by atoms with van der Waals surface area (Å²) in [7, 11) is 0. The average molecular weight is 780 g/mol. The van der Waals surface area contributed by atoms with Crippen LogP contribution in [0.5, 0.6) is 0 Å². The molecule has 0 rings (SSSR count). The number of allylic oxidation sites excluding steroid dienone is 14. The Morgan fingerprint density at radius 1 is 0.536 bits per heavy atom. The van der Waals surface area contributed by atoms with Crippen LogP contribution >= 0.6 is 0 Å². The molecule has 0 heterocycles. The summed E-state index contributed by atoms with van der Waals surface area (Å²) >= 11 is 0. The molecule has 0 radical (unpaired) electrons. The van der Waals surface area contributed by atoms with Crippen LogP contribution in [0.2, 0.25) is 0 Å². The zero-order valence-electron chi connectivity index (χ0n) is 36.2. The molecule has 0 aromatic heterocycles. The number of hydrogen-bond acceptors (Lipinski definition) is 5. The standard InChI is InChI=1S/C50H85NO5/c1-4-7-10-13-16-19-21-22-23-24-25-26-28-31-34-37-40-43-50(55)56-46(41-38-35-32-29-18-15-12-9-6-3)44-49(54)51-47(45-52)48(53)42-39-36-33-30-27-20-17-14-11-8-5-2/h7,10,13,15-16,18-19,21-26,28,46-48,52-53H,4-6,8-9,11-12,14,17,20,27,29-45H2,1-3H3,(H,51,54)/b10-7-,16-13+,18-15-,21-19+,23-22-,25-24+,28-26+. The van der Waals surface area contributed by atoms with Crippen LogP contribution < -0.4 is 5.32 Å². The topological polar surface area (TPSA) is 95.9 Å². The Morgan fingerprint density at radius 2 is 1.00 bits per heavy atom. The molecule has 0 spiro atoms. The van der Waals surface area contributed by atoms with Crippen LogP contribution in [-0.2, 0) is 14.3 Å². The van der Waals surface area contributed by atoms with Gasteiger partial charge < -0.3 is 20.3 Å². The van der Waals surface area contributed by atoms with Gasteiger partial charge in [-0.05, 0) is 64.2 Å². The number of carbonyl (C=O) groups excluding carboxylic acids is 2. The van der Waals surface area contributed by atoms with Crippen molar-refractivity contribution in [3.63, 3.8) is 0 Å². The molecule has 6 heteroatoms. The summed E-state index contributed by atoms with van der Waals surface area (Å²) in [5.41, 5.74) is 0. The molecular weight excluding hydrogens is 695 g/mol. The first-order chi connectivity index (χ1) is 27.5. The van der Waals surface area contributed by atoms with Crippen molar-refractivity contribution >= 4 is 11.9 Å². The SMILES string of the molecule is CC\C=C/C=C/C=C/C=C\C=C\C=C\CCCCCC(=O)OC(CCCCC/C=C\CCCC)CC(=O)NC(CO)C(O)CCCCCCCCCCCCC. The zero-order valence-corrected chi connectivity index (χ0v) is 36.2. The van der Waals surface area contributed by atoms with E-state index in [0.717, 1.165) is 83.5 Å². The molecule has 0 aliphatic heterocycles. The molecule has 6 nitrogen and oxygen atoms in total. The van der Waals surface area contributed by atoms with E-state index in [9.17, 15) is 19.8 Å². The van der Waals surface area contributed by atoms with Gasteiger partial charge in [0.15, 0.2) is 0 Å². The molecule has 0 saturated carbocycles. The van der Waals surface area contributed by atoms with Gasteiger partial charge in [-0.1, -0.05) is 202 Å². The lowest BCUT2D eigenvalue weighted by atomic mass is 10.0. The molecule has 0 fully saturated rings. The molecule has 3 atom stereocenters. The predicted octanol–water partition coefficient (Wildman–Crippen LogP) is 13.2. The first-order valence-corrected chi connectivity index (χ1v) is 22.9. The number of aliphatic hydroxyl groups is 2. The molecular formula is C50H85NO5. The first kappa shape index (κ1) is 53.0. The van der Waals surface area contributed by atoms with Crippen LogP contribution in [0.4, 0.5) is 0 Å². The number of rotatable bonds is 39. The van der Waals surface area contributed by atoms with Crippen LogP contribution in [0.1, 0.15) is 194 Å². The highest BCUT2D eigenvalue weighted by molar-refractivity contribution is 5.77. The number of aliphatic hydroxyl groups excluding tert-OH is 2. The minimum Gasteiger partial charge on any atom is -0.462 e. The van der Waals surface area contributed by atoms with Gasteiger partial charge in [0.25, 0.3) is 0 Å². The molecule has 3 unspecified atom stereocenters. The molecule has 1 amide bonds. The second-order valence-electron chi connectivity index (χ2n) is 15.2. The van der Waals surface area contributed by atoms with Gasteiger partial charge in [-0.2, -0.15) is 0 Å². The molecule has 0 aromatic carbocycles. The summed E-state index contributed by atoms with van der Waals surface area (Å²) in [5, 5.41) is 23.6. The van der Waals surface area contributed by atoms with E-state index in [-0.39, 0.29) is 24.9 Å². The first-order valence-electron chi connectivity index (χ1n) is 22.9. The van der Waals surface area contributed by atoms with Crippen LogP contribution in [0, 0.1) is 0 Å². The molecule has 0 aliphatic carbocycles. The molecule has 56 heavy (non-hydrogen) atoms. The Bertz CT molecular complexity index is 1100. The minimum atomic E-state index is -0.801. The highest BCUT2D eigenvalue weighted by Crippen LogP contribution is 2.16. The highest BCUT2D eigenvalue weighted by atomic mass is 16.5. The third kappa shape index (κ3) is 37.9. The average Bonchev–Trinajstić information content (AvgIpc) is 3.19. The lowest BCUT2D eigenvalue weighted by Gasteiger charge is -2.24. The Balaban J connectivity index is 4.65. The molecule has 0 saturated heterocycles. The minimum absolute atomic E-state index is 0.0435. The lowest BCUT2D eigenvalue weighted by molar-refractivity contribution is -0.151. The van der Waals surface area contributed by atoms with E-state index in [1.54, 1.807) is 0 Å². The third-order valence-corrected chi connectivity index (χ3v) is 9.87. The number of nitrogens with one attached hydrogen (secondary N) is 1. The Hall–Kier alpha value is -2.96. The summed E-state index contributed by atoms with van der Waals surface area (Å²) in [5.74, 6) is -0.553. The molecule has 0 aromatic rings. The Kier molecular flexibility index (Phi) is 40.9. The number of unbranched alkanes of at least 4 members (excludes halogenated alkanes) is 18. The van der Waals surface area contributed by atoms with Gasteiger partial charge >= 0.3 is 5.97 Å². The van der Waals surface area contributed by atoms with Crippen LogP contribution in [0.15, 0.2) is 85.1 Å². The van der Waals surface area contributed by atoms with Crippen molar-refractivity contribution in [2.24, 2.45) is 0 Å². The van der Waals surface area contributed by atoms with E-state index in [4.69, 9.17) is 4.74 Å². The van der Waals surface area contributed by atoms with Crippen molar-refractivity contribution in [3.05, 3.63) is 85.1 Å². The fourth-order valence-electron chi connectivity index (χ4n) is 6.38. The van der Waals surface area contributed by atoms with Crippen molar-refractivity contribution in [2.45, 2.75) is 212 Å². The molecule has 3 N–H and O–H groups in total. The number of esters is 1. The van der Waals surface area contributed by atoms with Crippen molar-refractivity contribution in [3.8, 4) is 0 Å². The fraction of sp³-hybridized carbons (Fsp3) is 0.680. The predicted molar refractivity (Wildman–Crippen MR) is 241 cm³/mol. The van der Waals surface area contributed by atoms with Gasteiger partial charge in [0.2, 0.25) is 5.91 Å². The second kappa shape index (κ2) is 43.2. The van der Waals surface area contributed by atoms with Crippen molar-refractivity contribution in [1.82, 2.24) is 5.32 Å². The summed E-state index contributed by atoms with van der Waals surface area (Å²) in [6.07, 6.45) is 55.0. The van der Waals surface area contributed by atoms with Gasteiger partial charge in [0, 0.05) is 6.42 Å². The summed E-state index contributed by atoms with van der Waals surface area (Å²) in [6, 6.07) is -0.717. The van der Waals surface area contributed by atoms with E-state index in [2.05, 4.69) is 56.5 Å². The fourth-order valence-corrected chi connectivity index (χ4v) is 6.38. The van der Waals surface area contributed by atoms with Gasteiger partial charge in [-0.3, -0.25) is 9.59 Å². The van der Waals surface area contributed by atoms with Crippen LogP contribution in [-0.4, -0.2) is 46.9 Å². The van der Waals surface area contributed by atoms with E-state index in [1.165, 1.54) is 64.2 Å². The summed E-state index contributed by atoms with van der Waals surface area (Å²) in [6.45, 7) is 6.25. The van der Waals surface area contributed by atoms with Crippen molar-refractivity contribution < 1.29 is 24.5 Å². The number of carbonyl (C=O) groups is 2. The van der Waals surface area contributed by atoms with Gasteiger partial charge in [-0.15, -0.1) is 0 Å². The molecule has 320 valence electrons. The van der Waals surface area contributed by atoms with Gasteiger partial charge in [0.05, 0.1) is 25.2 Å². The molecule has 0 bridgehead atoms. The Morgan fingerprint density at radius 3 is 1.57 bits per heavy atom. The van der Waals surface area contributed by atoms with E-state index in [0.29, 0.717) is 19.3 Å². The van der Waals surface area contributed by atoms with E-state index < -0.39 is 18.2 Å². The number of hydrogen-bond donors (Lipinski definition) is 3. The smallest absolute Gasteiger partial charge is 0.306 e. The quantitative estimate of drug-likeness (QED) is 0.0250. The highest BCUT2D eigenvalue weighted by Gasteiger charge is 2.24.